The summed E-state index contributed by atoms with van der Waals surface area (Å²) in [6.07, 6.45) is -1.89. The van der Waals surface area contributed by atoms with Gasteiger partial charge in [0.2, 0.25) is 5.91 Å². The third-order valence-electron chi connectivity index (χ3n) is 2.93. The molecule has 90 valence electrons. The van der Waals surface area contributed by atoms with Crippen LogP contribution in [-0.2, 0) is 9.53 Å². The average molecular weight is 228 g/mol. The first-order valence-electron chi connectivity index (χ1n) is 5.24. The van der Waals surface area contributed by atoms with Crippen molar-refractivity contribution in [3.8, 4) is 6.07 Å². The van der Waals surface area contributed by atoms with Gasteiger partial charge < -0.3 is 9.64 Å². The lowest BCUT2D eigenvalue weighted by atomic mass is 9.80. The molecule has 1 aliphatic rings. The Morgan fingerprint density at radius 2 is 2.31 bits per heavy atom. The maximum absolute atomic E-state index is 13.8. The highest BCUT2D eigenvalue weighted by molar-refractivity contribution is 5.78. The average Bonchev–Trinajstić information content (AvgIpc) is 2.16. The molecule has 0 N–H and O–H groups in total. The number of carbonyl (C=O) groups excluding carboxylic acids is 1. The minimum atomic E-state index is -1.20. The summed E-state index contributed by atoms with van der Waals surface area (Å²) in [6.45, 7) is 4.16. The van der Waals surface area contributed by atoms with Crippen molar-refractivity contribution in [1.82, 2.24) is 4.90 Å². The Kier molecular flexibility index (Phi) is 3.87. The zero-order chi connectivity index (χ0) is 12.3. The monoisotopic (exact) mass is 228 g/mol. The van der Waals surface area contributed by atoms with E-state index in [2.05, 4.69) is 0 Å². The molecule has 1 amide bonds. The third-order valence-corrected chi connectivity index (χ3v) is 2.93. The minimum absolute atomic E-state index is 0.0163. The van der Waals surface area contributed by atoms with Crippen LogP contribution in [0.3, 0.4) is 0 Å². The Bertz CT molecular complexity index is 312. The van der Waals surface area contributed by atoms with Gasteiger partial charge in [0.15, 0.2) is 0 Å². The van der Waals surface area contributed by atoms with E-state index in [4.69, 9.17) is 10.00 Å². The first-order chi connectivity index (χ1) is 7.42. The number of nitrogens with zero attached hydrogens (tertiary/aromatic N) is 2. The van der Waals surface area contributed by atoms with Crippen molar-refractivity contribution in [2.24, 2.45) is 5.41 Å². The number of hydrogen-bond donors (Lipinski definition) is 0. The molecule has 0 saturated carbocycles. The maximum Gasteiger partial charge on any atom is 0.236 e. The van der Waals surface area contributed by atoms with Crippen LogP contribution >= 0.6 is 0 Å². The molecule has 5 heteroatoms. The van der Waals surface area contributed by atoms with Crippen LogP contribution in [0, 0.1) is 16.7 Å². The fraction of sp³-hybridized carbons (Fsp3) is 0.818. The number of piperidine rings is 1. The van der Waals surface area contributed by atoms with Crippen LogP contribution in [0.15, 0.2) is 0 Å². The summed E-state index contributed by atoms with van der Waals surface area (Å²) in [6, 6.07) is 1.79. The van der Waals surface area contributed by atoms with E-state index in [1.54, 1.807) is 6.07 Å². The van der Waals surface area contributed by atoms with E-state index >= 15 is 0 Å². The lowest BCUT2D eigenvalue weighted by Crippen LogP contribution is -2.57. The second-order valence-corrected chi connectivity index (χ2v) is 4.77. The predicted molar refractivity (Wildman–Crippen MR) is 56.3 cm³/mol. The second-order valence-electron chi connectivity index (χ2n) is 4.77. The molecule has 0 spiro atoms. The number of hydrogen-bond acceptors (Lipinski definition) is 3. The zero-order valence-corrected chi connectivity index (χ0v) is 9.86. The van der Waals surface area contributed by atoms with Crippen LogP contribution < -0.4 is 0 Å². The summed E-state index contributed by atoms with van der Waals surface area (Å²) in [7, 11) is 1.48. The summed E-state index contributed by atoms with van der Waals surface area (Å²) < 4.78 is 18.9. The maximum atomic E-state index is 13.8. The van der Waals surface area contributed by atoms with Crippen molar-refractivity contribution in [2.75, 3.05) is 20.2 Å². The Hall–Kier alpha value is -1.15. The first-order valence-corrected chi connectivity index (χ1v) is 5.24. The van der Waals surface area contributed by atoms with E-state index in [1.165, 1.54) is 12.0 Å². The van der Waals surface area contributed by atoms with Gasteiger partial charge in [-0.2, -0.15) is 5.26 Å². The quantitative estimate of drug-likeness (QED) is 0.711. The van der Waals surface area contributed by atoms with E-state index < -0.39 is 17.7 Å². The molecule has 1 saturated heterocycles. The molecule has 1 heterocycles. The molecule has 1 aliphatic heterocycles. The summed E-state index contributed by atoms with van der Waals surface area (Å²) in [4.78, 5) is 12.9. The minimum Gasteiger partial charge on any atom is -0.378 e. The number of alkyl halides is 1. The fourth-order valence-electron chi connectivity index (χ4n) is 2.28. The number of amides is 1. The largest absolute Gasteiger partial charge is 0.378 e. The molecule has 0 bridgehead atoms. The topological polar surface area (TPSA) is 53.3 Å². The van der Waals surface area contributed by atoms with Gasteiger partial charge in [0.05, 0.1) is 18.7 Å². The molecular formula is C11H17FN2O2. The van der Waals surface area contributed by atoms with Gasteiger partial charge in [0.25, 0.3) is 0 Å². The summed E-state index contributed by atoms with van der Waals surface area (Å²) in [5.41, 5.74) is -0.433. The second kappa shape index (κ2) is 4.79. The van der Waals surface area contributed by atoms with E-state index in [0.717, 1.165) is 0 Å². The Morgan fingerprint density at radius 1 is 1.69 bits per heavy atom. The van der Waals surface area contributed by atoms with Gasteiger partial charge in [0.1, 0.15) is 12.6 Å². The molecule has 2 atom stereocenters. The highest BCUT2D eigenvalue weighted by Crippen LogP contribution is 2.33. The van der Waals surface area contributed by atoms with E-state index in [0.29, 0.717) is 6.54 Å². The SMILES string of the molecule is CO[C@@H]1[C@H](F)CN(C(=O)CC#N)CC1(C)C. The Morgan fingerprint density at radius 3 is 2.75 bits per heavy atom. The zero-order valence-electron chi connectivity index (χ0n) is 9.86. The van der Waals surface area contributed by atoms with Crippen LogP contribution in [-0.4, -0.2) is 43.3 Å². The summed E-state index contributed by atoms with van der Waals surface area (Å²) >= 11 is 0. The lowest BCUT2D eigenvalue weighted by Gasteiger charge is -2.45. The lowest BCUT2D eigenvalue weighted by molar-refractivity contribution is -0.145. The first kappa shape index (κ1) is 12.9. The standard InChI is InChI=1S/C11H17FN2O2/c1-11(2)7-14(9(15)4-5-13)6-8(12)10(11)16-3/h8,10H,4,6-7H2,1-3H3/t8-,10-/m1/s1. The van der Waals surface area contributed by atoms with Crippen molar-refractivity contribution in [2.45, 2.75) is 32.5 Å². The predicted octanol–water partition coefficient (Wildman–Crippen LogP) is 1.12. The molecule has 1 rings (SSSR count). The van der Waals surface area contributed by atoms with Crippen molar-refractivity contribution in [3.63, 3.8) is 0 Å². The van der Waals surface area contributed by atoms with Crippen molar-refractivity contribution >= 4 is 5.91 Å². The van der Waals surface area contributed by atoms with Gasteiger partial charge >= 0.3 is 0 Å². The van der Waals surface area contributed by atoms with E-state index in [1.807, 2.05) is 13.8 Å². The van der Waals surface area contributed by atoms with Crippen LogP contribution in [0.2, 0.25) is 0 Å². The molecule has 0 aromatic rings. The van der Waals surface area contributed by atoms with Crippen molar-refractivity contribution in [1.29, 1.82) is 5.26 Å². The number of likely N-dealkylation sites (tertiary alicyclic amines) is 1. The van der Waals surface area contributed by atoms with Crippen LogP contribution in [0.25, 0.3) is 0 Å². The number of ether oxygens (including phenoxy) is 1. The molecule has 4 nitrogen and oxygen atoms in total. The molecule has 0 radical (unpaired) electrons. The van der Waals surface area contributed by atoms with Gasteiger partial charge in [-0.05, 0) is 0 Å². The van der Waals surface area contributed by atoms with Gasteiger partial charge in [-0.1, -0.05) is 13.8 Å². The summed E-state index contributed by atoms with van der Waals surface area (Å²) in [5.74, 6) is -0.312. The molecule has 16 heavy (non-hydrogen) atoms. The normalized spacial score (nSPS) is 28.6. The number of halogens is 1. The van der Waals surface area contributed by atoms with Gasteiger partial charge in [-0.15, -0.1) is 0 Å². The highest BCUT2D eigenvalue weighted by Gasteiger charge is 2.44. The fourth-order valence-corrected chi connectivity index (χ4v) is 2.28. The van der Waals surface area contributed by atoms with Crippen LogP contribution in [0.4, 0.5) is 4.39 Å². The van der Waals surface area contributed by atoms with Gasteiger partial charge in [-0.25, -0.2) is 4.39 Å². The Balaban J connectivity index is 2.76. The van der Waals surface area contributed by atoms with E-state index in [-0.39, 0.29) is 18.9 Å². The van der Waals surface area contributed by atoms with Crippen LogP contribution in [0.1, 0.15) is 20.3 Å². The van der Waals surface area contributed by atoms with Crippen molar-refractivity contribution < 1.29 is 13.9 Å². The molecule has 1 fully saturated rings. The van der Waals surface area contributed by atoms with E-state index in [9.17, 15) is 9.18 Å². The van der Waals surface area contributed by atoms with Gasteiger partial charge in [0, 0.05) is 19.1 Å². The number of rotatable bonds is 2. The number of nitriles is 1. The number of carbonyl (C=O) groups is 1. The molecule has 0 aromatic carbocycles. The van der Waals surface area contributed by atoms with Crippen molar-refractivity contribution in [3.05, 3.63) is 0 Å². The van der Waals surface area contributed by atoms with Crippen LogP contribution in [0.5, 0.6) is 0 Å². The highest BCUT2D eigenvalue weighted by atomic mass is 19.1. The summed E-state index contributed by atoms with van der Waals surface area (Å²) in [5, 5.41) is 8.45. The number of methoxy groups -OCH3 is 1. The third kappa shape index (κ3) is 2.50. The smallest absolute Gasteiger partial charge is 0.236 e. The van der Waals surface area contributed by atoms with Gasteiger partial charge in [-0.3, -0.25) is 4.79 Å². The molecule has 0 unspecified atom stereocenters. The Labute approximate surface area is 95.0 Å². The molecular weight excluding hydrogens is 211 g/mol. The molecule has 0 aliphatic carbocycles. The molecule has 0 aromatic heterocycles.